The van der Waals surface area contributed by atoms with Gasteiger partial charge in [-0.3, -0.25) is 4.99 Å². The maximum absolute atomic E-state index is 10.9. The predicted octanol–water partition coefficient (Wildman–Crippen LogP) is 2.93. The van der Waals surface area contributed by atoms with Crippen molar-refractivity contribution in [2.45, 2.75) is 32.7 Å². The first-order chi connectivity index (χ1) is 8.49. The molecule has 0 aliphatic carbocycles. The fourth-order valence-corrected chi connectivity index (χ4v) is 1.56. The quantitative estimate of drug-likeness (QED) is 0.723. The van der Waals surface area contributed by atoms with Crippen molar-refractivity contribution in [3.05, 3.63) is 29.8 Å². The Kier molecular flexibility index (Phi) is 5.56. The Hall–Kier alpha value is -1.64. The topological polar surface area (TPSA) is 32.7 Å². The van der Waals surface area contributed by atoms with Crippen LogP contribution in [0.3, 0.4) is 0 Å². The van der Waals surface area contributed by atoms with Gasteiger partial charge in [0.2, 0.25) is 0 Å². The van der Waals surface area contributed by atoms with Gasteiger partial charge in [-0.2, -0.15) is 0 Å². The first-order valence-electron chi connectivity index (χ1n) is 6.29. The number of ketones is 1. The molecule has 0 N–H and O–H groups in total. The lowest BCUT2D eigenvalue weighted by Crippen LogP contribution is -2.08. The highest BCUT2D eigenvalue weighted by Gasteiger charge is 2.00. The number of hydrogen-bond donors (Lipinski definition) is 0. The van der Waals surface area contributed by atoms with Crippen LogP contribution in [0.25, 0.3) is 0 Å². The van der Waals surface area contributed by atoms with Gasteiger partial charge in [0.25, 0.3) is 0 Å². The molecule has 1 rings (SSSR count). The van der Waals surface area contributed by atoms with Crippen molar-refractivity contribution in [3.8, 4) is 0 Å². The Bertz CT molecular complexity index is 407. The van der Waals surface area contributed by atoms with E-state index in [-0.39, 0.29) is 11.8 Å². The first kappa shape index (κ1) is 14.4. The van der Waals surface area contributed by atoms with Crippen LogP contribution in [0.2, 0.25) is 0 Å². The molecule has 0 saturated carbocycles. The molecule has 3 nitrogen and oxygen atoms in total. The third-order valence-corrected chi connectivity index (χ3v) is 2.80. The van der Waals surface area contributed by atoms with Gasteiger partial charge in [-0.15, -0.1) is 0 Å². The van der Waals surface area contributed by atoms with E-state index in [1.807, 2.05) is 27.2 Å². The maximum atomic E-state index is 10.9. The monoisotopic (exact) mass is 246 g/mol. The number of carbonyl (C=O) groups is 1. The molecule has 0 aliphatic rings. The second-order valence-corrected chi connectivity index (χ2v) is 4.85. The third-order valence-electron chi connectivity index (χ3n) is 2.80. The van der Waals surface area contributed by atoms with Gasteiger partial charge in [-0.05, 0) is 38.0 Å². The van der Waals surface area contributed by atoms with Crippen molar-refractivity contribution >= 4 is 17.7 Å². The maximum Gasteiger partial charge on any atom is 0.129 e. The zero-order chi connectivity index (χ0) is 13.5. The summed E-state index contributed by atoms with van der Waals surface area (Å²) in [5.41, 5.74) is 2.27. The summed E-state index contributed by atoms with van der Waals surface area (Å²) in [5.74, 6) is 0.229. The normalized spacial score (nSPS) is 12.7. The van der Waals surface area contributed by atoms with Crippen LogP contribution in [0.15, 0.2) is 29.3 Å². The van der Waals surface area contributed by atoms with Gasteiger partial charge in [0.05, 0.1) is 0 Å². The molecule has 3 heteroatoms. The zero-order valence-corrected chi connectivity index (χ0v) is 11.7. The molecule has 98 valence electrons. The molecular weight excluding hydrogens is 224 g/mol. The van der Waals surface area contributed by atoms with E-state index in [4.69, 9.17) is 0 Å². The molecule has 0 radical (unpaired) electrons. The number of nitrogens with zero attached hydrogens (tertiary/aromatic N) is 2. The van der Waals surface area contributed by atoms with Crippen LogP contribution in [0.5, 0.6) is 0 Å². The van der Waals surface area contributed by atoms with E-state index < -0.39 is 0 Å². The summed E-state index contributed by atoms with van der Waals surface area (Å²) in [5, 5.41) is 0. The van der Waals surface area contributed by atoms with E-state index in [1.54, 1.807) is 6.92 Å². The molecule has 0 bridgehead atoms. The highest BCUT2D eigenvalue weighted by atomic mass is 16.1. The minimum absolute atomic E-state index is 0.197. The zero-order valence-electron chi connectivity index (χ0n) is 11.7. The molecular formula is C15H22N2O. The van der Waals surface area contributed by atoms with Crippen molar-refractivity contribution in [3.63, 3.8) is 0 Å². The van der Waals surface area contributed by atoms with E-state index in [2.05, 4.69) is 34.2 Å². The Labute approximate surface area is 110 Å². The second-order valence-electron chi connectivity index (χ2n) is 4.85. The molecule has 1 aromatic carbocycles. The molecule has 18 heavy (non-hydrogen) atoms. The van der Waals surface area contributed by atoms with E-state index in [0.29, 0.717) is 6.42 Å². The Balaban J connectivity index is 2.53. The number of rotatable bonds is 6. The van der Waals surface area contributed by atoms with Gasteiger partial charge in [0.15, 0.2) is 0 Å². The minimum Gasteiger partial charge on any atom is -0.378 e. The van der Waals surface area contributed by atoms with Gasteiger partial charge in [0, 0.05) is 38.5 Å². The number of aliphatic imine (C=N–C) groups is 1. The molecule has 0 amide bonds. The highest BCUT2D eigenvalue weighted by Crippen LogP contribution is 2.11. The molecule has 1 aromatic rings. The Morgan fingerprint density at radius 1 is 1.33 bits per heavy atom. The smallest absolute Gasteiger partial charge is 0.129 e. The number of carbonyl (C=O) groups excluding carboxylic acids is 1. The molecule has 0 aliphatic heterocycles. The van der Waals surface area contributed by atoms with Gasteiger partial charge >= 0.3 is 0 Å². The van der Waals surface area contributed by atoms with Crippen LogP contribution in [0, 0.1) is 0 Å². The predicted molar refractivity (Wildman–Crippen MR) is 77.7 cm³/mol. The minimum atomic E-state index is 0.197. The Morgan fingerprint density at radius 2 is 1.94 bits per heavy atom. The fraction of sp³-hybridized carbons (Fsp3) is 0.467. The van der Waals surface area contributed by atoms with Crippen molar-refractivity contribution in [1.29, 1.82) is 0 Å². The van der Waals surface area contributed by atoms with Crippen LogP contribution < -0.4 is 4.90 Å². The average Bonchev–Trinajstić information content (AvgIpc) is 2.34. The van der Waals surface area contributed by atoms with Gasteiger partial charge < -0.3 is 9.69 Å². The van der Waals surface area contributed by atoms with E-state index in [1.165, 1.54) is 5.69 Å². The lowest BCUT2D eigenvalue weighted by Gasteiger charge is -2.11. The van der Waals surface area contributed by atoms with Gasteiger partial charge in [-0.1, -0.05) is 12.1 Å². The van der Waals surface area contributed by atoms with Crippen LogP contribution in [-0.4, -0.2) is 32.1 Å². The van der Waals surface area contributed by atoms with Crippen molar-refractivity contribution in [2.24, 2.45) is 4.99 Å². The molecule has 0 spiro atoms. The van der Waals surface area contributed by atoms with Crippen LogP contribution >= 0.6 is 0 Å². The highest BCUT2D eigenvalue weighted by molar-refractivity contribution is 5.80. The summed E-state index contributed by atoms with van der Waals surface area (Å²) in [6.45, 7) is 3.66. The van der Waals surface area contributed by atoms with Crippen LogP contribution in [0.4, 0.5) is 5.69 Å². The molecule has 0 heterocycles. The van der Waals surface area contributed by atoms with E-state index in [9.17, 15) is 4.79 Å². The molecule has 0 unspecified atom stereocenters. The van der Waals surface area contributed by atoms with Gasteiger partial charge in [-0.25, -0.2) is 0 Å². The number of Topliss-reactive ketones (excluding diaryl/α,β-unsaturated/α-hetero) is 1. The summed E-state index contributed by atoms with van der Waals surface area (Å²) in [6.07, 6.45) is 3.31. The molecule has 0 saturated heterocycles. The number of hydrogen-bond acceptors (Lipinski definition) is 3. The summed E-state index contributed by atoms with van der Waals surface area (Å²) in [4.78, 5) is 17.4. The summed E-state index contributed by atoms with van der Waals surface area (Å²) >= 11 is 0. The first-order valence-corrected chi connectivity index (χ1v) is 6.29. The third kappa shape index (κ3) is 5.13. The lowest BCUT2D eigenvalue weighted by molar-refractivity contribution is -0.117. The largest absolute Gasteiger partial charge is 0.378 e. The van der Waals surface area contributed by atoms with Crippen molar-refractivity contribution in [1.82, 2.24) is 0 Å². The van der Waals surface area contributed by atoms with Crippen LogP contribution in [-0.2, 0) is 4.79 Å². The SMILES string of the molecule is CC(=O)CC[C@@H](C)N=Cc1ccc(N(C)C)cc1. The van der Waals surface area contributed by atoms with Crippen molar-refractivity contribution < 1.29 is 4.79 Å². The van der Waals surface area contributed by atoms with Crippen molar-refractivity contribution in [2.75, 3.05) is 19.0 Å². The van der Waals surface area contributed by atoms with Crippen LogP contribution in [0.1, 0.15) is 32.3 Å². The molecule has 0 aromatic heterocycles. The molecule has 1 atom stereocenters. The summed E-state index contributed by atoms with van der Waals surface area (Å²) in [6, 6.07) is 8.44. The summed E-state index contributed by atoms with van der Waals surface area (Å²) in [7, 11) is 4.04. The fourth-order valence-electron chi connectivity index (χ4n) is 1.56. The summed E-state index contributed by atoms with van der Waals surface area (Å²) < 4.78 is 0. The second kappa shape index (κ2) is 6.94. The van der Waals surface area contributed by atoms with E-state index in [0.717, 1.165) is 12.0 Å². The molecule has 0 fully saturated rings. The van der Waals surface area contributed by atoms with E-state index >= 15 is 0 Å². The number of anilines is 1. The standard InChI is InChI=1S/C15H22N2O/c1-12(5-6-13(2)18)16-11-14-7-9-15(10-8-14)17(3)4/h7-12H,5-6H2,1-4H3/t12-/m1/s1. The lowest BCUT2D eigenvalue weighted by atomic mass is 10.1. The average molecular weight is 246 g/mol. The Morgan fingerprint density at radius 3 is 2.44 bits per heavy atom. The number of benzene rings is 1. The van der Waals surface area contributed by atoms with Gasteiger partial charge in [0.1, 0.15) is 5.78 Å².